The second kappa shape index (κ2) is 6.57. The summed E-state index contributed by atoms with van der Waals surface area (Å²) in [6.45, 7) is 3.44. The van der Waals surface area contributed by atoms with Gasteiger partial charge in [-0.05, 0) is 31.6 Å². The van der Waals surface area contributed by atoms with E-state index in [1.165, 1.54) is 0 Å². The standard InChI is InChI=1S/C15H27N3O2/c1-10-5-3-7-12(16)13(10)15(20)18-8-4-6-11(9-18)14(19)17-2/h10-13H,3-9,16H2,1-2H3,(H,17,19). The number of nitrogens with one attached hydrogen (secondary N) is 1. The van der Waals surface area contributed by atoms with Crippen molar-refractivity contribution in [1.29, 1.82) is 0 Å². The van der Waals surface area contributed by atoms with E-state index in [9.17, 15) is 9.59 Å². The van der Waals surface area contributed by atoms with Crippen LogP contribution in [0, 0.1) is 17.8 Å². The fraction of sp³-hybridized carbons (Fsp3) is 0.867. The first-order valence-electron chi connectivity index (χ1n) is 7.80. The molecular weight excluding hydrogens is 254 g/mol. The summed E-state index contributed by atoms with van der Waals surface area (Å²) in [5.41, 5.74) is 6.17. The number of carbonyl (C=O) groups excluding carboxylic acids is 2. The predicted octanol–water partition coefficient (Wildman–Crippen LogP) is 0.735. The Balaban J connectivity index is 2.02. The maximum Gasteiger partial charge on any atom is 0.227 e. The fourth-order valence-corrected chi connectivity index (χ4v) is 3.69. The van der Waals surface area contributed by atoms with Gasteiger partial charge in [-0.2, -0.15) is 0 Å². The van der Waals surface area contributed by atoms with Crippen molar-refractivity contribution in [3.8, 4) is 0 Å². The lowest BCUT2D eigenvalue weighted by atomic mass is 9.76. The second-order valence-corrected chi connectivity index (χ2v) is 6.34. The van der Waals surface area contributed by atoms with E-state index in [-0.39, 0.29) is 29.7 Å². The van der Waals surface area contributed by atoms with E-state index in [0.29, 0.717) is 12.5 Å². The molecule has 2 amide bonds. The Morgan fingerprint density at radius 1 is 1.20 bits per heavy atom. The van der Waals surface area contributed by atoms with Gasteiger partial charge in [-0.3, -0.25) is 9.59 Å². The van der Waals surface area contributed by atoms with Crippen molar-refractivity contribution in [1.82, 2.24) is 10.2 Å². The van der Waals surface area contributed by atoms with Crippen LogP contribution in [0.1, 0.15) is 39.0 Å². The van der Waals surface area contributed by atoms with Crippen LogP contribution in [0.5, 0.6) is 0 Å². The average Bonchev–Trinajstić information content (AvgIpc) is 2.46. The van der Waals surface area contributed by atoms with E-state index in [0.717, 1.165) is 38.6 Å². The smallest absolute Gasteiger partial charge is 0.227 e. The molecule has 1 aliphatic carbocycles. The van der Waals surface area contributed by atoms with E-state index in [1.807, 2.05) is 4.90 Å². The fourth-order valence-electron chi connectivity index (χ4n) is 3.69. The zero-order valence-electron chi connectivity index (χ0n) is 12.6. The van der Waals surface area contributed by atoms with Crippen LogP contribution in [0.25, 0.3) is 0 Å². The van der Waals surface area contributed by atoms with Gasteiger partial charge < -0.3 is 16.0 Å². The van der Waals surface area contributed by atoms with E-state index in [4.69, 9.17) is 5.73 Å². The lowest BCUT2D eigenvalue weighted by molar-refractivity contribution is -0.142. The zero-order chi connectivity index (χ0) is 14.7. The second-order valence-electron chi connectivity index (χ2n) is 6.34. The number of nitrogens with zero attached hydrogens (tertiary/aromatic N) is 1. The Bertz CT molecular complexity index is 362. The summed E-state index contributed by atoms with van der Waals surface area (Å²) in [6, 6.07) is -0.0216. The molecule has 20 heavy (non-hydrogen) atoms. The largest absolute Gasteiger partial charge is 0.359 e. The lowest BCUT2D eigenvalue weighted by Crippen LogP contribution is -2.52. The monoisotopic (exact) mass is 281 g/mol. The molecule has 5 heteroatoms. The molecule has 2 fully saturated rings. The summed E-state index contributed by atoms with van der Waals surface area (Å²) in [7, 11) is 1.65. The van der Waals surface area contributed by atoms with Gasteiger partial charge in [0.1, 0.15) is 0 Å². The SMILES string of the molecule is CNC(=O)C1CCCN(C(=O)C2C(C)CCCC2N)C1. The molecular formula is C15H27N3O2. The summed E-state index contributed by atoms with van der Waals surface area (Å²) in [5.74, 6) is 0.438. The van der Waals surface area contributed by atoms with Crippen LogP contribution in [-0.2, 0) is 9.59 Å². The zero-order valence-corrected chi connectivity index (χ0v) is 12.6. The summed E-state index contributed by atoms with van der Waals surface area (Å²) >= 11 is 0. The molecule has 114 valence electrons. The van der Waals surface area contributed by atoms with Gasteiger partial charge in [0.25, 0.3) is 0 Å². The Morgan fingerprint density at radius 3 is 2.60 bits per heavy atom. The number of likely N-dealkylation sites (tertiary alicyclic amines) is 1. The number of hydrogen-bond donors (Lipinski definition) is 2. The molecule has 5 nitrogen and oxygen atoms in total. The van der Waals surface area contributed by atoms with E-state index in [1.54, 1.807) is 7.05 Å². The molecule has 4 unspecified atom stereocenters. The van der Waals surface area contributed by atoms with Gasteiger partial charge in [0.05, 0.1) is 11.8 Å². The molecule has 0 radical (unpaired) electrons. The van der Waals surface area contributed by atoms with Gasteiger partial charge in [-0.15, -0.1) is 0 Å². The summed E-state index contributed by atoms with van der Waals surface area (Å²) in [5, 5.41) is 2.69. The van der Waals surface area contributed by atoms with Crippen LogP contribution < -0.4 is 11.1 Å². The highest BCUT2D eigenvalue weighted by atomic mass is 16.2. The normalized spacial score (nSPS) is 34.6. The van der Waals surface area contributed by atoms with Crippen molar-refractivity contribution in [3.05, 3.63) is 0 Å². The molecule has 1 aliphatic heterocycles. The number of piperidine rings is 1. The highest BCUT2D eigenvalue weighted by Gasteiger charge is 2.38. The molecule has 1 heterocycles. The van der Waals surface area contributed by atoms with E-state index in [2.05, 4.69) is 12.2 Å². The highest BCUT2D eigenvalue weighted by molar-refractivity contribution is 5.82. The first kappa shape index (κ1) is 15.3. The quantitative estimate of drug-likeness (QED) is 0.783. The number of carbonyl (C=O) groups is 2. The molecule has 3 N–H and O–H groups in total. The van der Waals surface area contributed by atoms with Crippen LogP contribution in [0.15, 0.2) is 0 Å². The first-order valence-corrected chi connectivity index (χ1v) is 7.80. The third-order valence-electron chi connectivity index (χ3n) is 4.91. The molecule has 0 aromatic heterocycles. The van der Waals surface area contributed by atoms with Crippen molar-refractivity contribution < 1.29 is 9.59 Å². The van der Waals surface area contributed by atoms with Gasteiger partial charge in [0.2, 0.25) is 11.8 Å². The highest BCUT2D eigenvalue weighted by Crippen LogP contribution is 2.31. The molecule has 1 saturated heterocycles. The van der Waals surface area contributed by atoms with Crippen LogP contribution in [-0.4, -0.2) is 42.9 Å². The van der Waals surface area contributed by atoms with Crippen LogP contribution in [0.3, 0.4) is 0 Å². The van der Waals surface area contributed by atoms with Crippen LogP contribution in [0.2, 0.25) is 0 Å². The average molecular weight is 281 g/mol. The Labute approximate surface area is 121 Å². The molecule has 0 spiro atoms. The molecule has 0 aromatic carbocycles. The van der Waals surface area contributed by atoms with Crippen molar-refractivity contribution in [2.45, 2.75) is 45.1 Å². The van der Waals surface area contributed by atoms with E-state index >= 15 is 0 Å². The topological polar surface area (TPSA) is 75.4 Å². The molecule has 0 bridgehead atoms. The minimum Gasteiger partial charge on any atom is -0.359 e. The minimum atomic E-state index is -0.0628. The molecule has 0 aromatic rings. The summed E-state index contributed by atoms with van der Waals surface area (Å²) < 4.78 is 0. The van der Waals surface area contributed by atoms with E-state index < -0.39 is 0 Å². The van der Waals surface area contributed by atoms with Crippen LogP contribution in [0.4, 0.5) is 0 Å². The summed E-state index contributed by atoms with van der Waals surface area (Å²) in [4.78, 5) is 26.4. The van der Waals surface area contributed by atoms with Crippen LogP contribution >= 0.6 is 0 Å². The maximum absolute atomic E-state index is 12.7. The Kier molecular flexibility index (Phi) is 5.02. The Hall–Kier alpha value is -1.10. The van der Waals surface area contributed by atoms with Crippen molar-refractivity contribution >= 4 is 11.8 Å². The molecule has 2 aliphatic rings. The first-order chi connectivity index (χ1) is 9.54. The maximum atomic E-state index is 12.7. The number of amides is 2. The number of rotatable bonds is 2. The predicted molar refractivity (Wildman–Crippen MR) is 77.9 cm³/mol. The van der Waals surface area contributed by atoms with Crippen molar-refractivity contribution in [2.24, 2.45) is 23.5 Å². The Morgan fingerprint density at radius 2 is 1.95 bits per heavy atom. The molecule has 1 saturated carbocycles. The number of nitrogens with two attached hydrogens (primary N) is 1. The van der Waals surface area contributed by atoms with Gasteiger partial charge in [-0.1, -0.05) is 13.3 Å². The van der Waals surface area contributed by atoms with Gasteiger partial charge in [0.15, 0.2) is 0 Å². The van der Waals surface area contributed by atoms with Crippen molar-refractivity contribution in [2.75, 3.05) is 20.1 Å². The third-order valence-corrected chi connectivity index (χ3v) is 4.91. The molecule has 4 atom stereocenters. The van der Waals surface area contributed by atoms with Gasteiger partial charge in [0, 0.05) is 26.2 Å². The van der Waals surface area contributed by atoms with Crippen molar-refractivity contribution in [3.63, 3.8) is 0 Å². The lowest BCUT2D eigenvalue weighted by Gasteiger charge is -2.39. The summed E-state index contributed by atoms with van der Waals surface area (Å²) in [6.07, 6.45) is 4.91. The minimum absolute atomic E-state index is 0.0216. The third kappa shape index (κ3) is 3.14. The van der Waals surface area contributed by atoms with Gasteiger partial charge >= 0.3 is 0 Å². The molecule has 2 rings (SSSR count). The number of hydrogen-bond acceptors (Lipinski definition) is 3. The van der Waals surface area contributed by atoms with Gasteiger partial charge in [-0.25, -0.2) is 0 Å².